The summed E-state index contributed by atoms with van der Waals surface area (Å²) in [5.41, 5.74) is 0. The summed E-state index contributed by atoms with van der Waals surface area (Å²) < 4.78 is 5.01. The van der Waals surface area contributed by atoms with Crippen LogP contribution >= 0.6 is 35.0 Å². The third kappa shape index (κ3) is 6.37. The zero-order chi connectivity index (χ0) is 13.4. The first-order chi connectivity index (χ1) is 8.61. The number of thioether (sulfide) groups is 1. The predicted molar refractivity (Wildman–Crippen MR) is 71.1 cm³/mol. The maximum atomic E-state index is 11.3. The topological polar surface area (TPSA) is 65.0 Å². The molecule has 0 spiro atoms. The average Bonchev–Trinajstić information content (AvgIpc) is 2.28. The van der Waals surface area contributed by atoms with Gasteiger partial charge in [0.1, 0.15) is 0 Å². The van der Waals surface area contributed by atoms with E-state index >= 15 is 0 Å². The van der Waals surface area contributed by atoms with Crippen LogP contribution in [-0.2, 0) is 9.53 Å². The SMILES string of the molecule is CCCCOC(=O)CCSc1nc(Cl)nc(Cl)n1. The van der Waals surface area contributed by atoms with Gasteiger partial charge in [-0.05, 0) is 29.6 Å². The Morgan fingerprint density at radius 2 is 1.94 bits per heavy atom. The number of ether oxygens (including phenoxy) is 1. The van der Waals surface area contributed by atoms with Crippen molar-refractivity contribution in [3.63, 3.8) is 0 Å². The minimum atomic E-state index is -0.220. The third-order valence-electron chi connectivity index (χ3n) is 1.86. The van der Waals surface area contributed by atoms with Gasteiger partial charge in [0.25, 0.3) is 0 Å². The number of carbonyl (C=O) groups is 1. The summed E-state index contributed by atoms with van der Waals surface area (Å²) in [6.07, 6.45) is 2.19. The first-order valence-corrected chi connectivity index (χ1v) is 7.21. The van der Waals surface area contributed by atoms with Gasteiger partial charge in [-0.2, -0.15) is 15.0 Å². The molecule has 5 nitrogen and oxygen atoms in total. The van der Waals surface area contributed by atoms with E-state index in [9.17, 15) is 4.79 Å². The Balaban J connectivity index is 2.26. The van der Waals surface area contributed by atoms with Crippen molar-refractivity contribution in [1.82, 2.24) is 15.0 Å². The van der Waals surface area contributed by atoms with E-state index in [0.717, 1.165) is 12.8 Å². The maximum absolute atomic E-state index is 11.3. The highest BCUT2D eigenvalue weighted by Crippen LogP contribution is 2.17. The summed E-state index contributed by atoms with van der Waals surface area (Å²) in [5, 5.41) is 0.493. The number of halogens is 2. The molecule has 100 valence electrons. The van der Waals surface area contributed by atoms with Crippen LogP contribution in [0.25, 0.3) is 0 Å². The number of unbranched alkanes of at least 4 members (excludes halogenated alkanes) is 1. The second-order valence-corrected chi connectivity index (χ2v) is 5.07. The highest BCUT2D eigenvalue weighted by atomic mass is 35.5. The predicted octanol–water partition coefficient (Wildman–Crippen LogP) is 3.00. The molecule has 0 aromatic carbocycles. The molecule has 0 amide bonds. The maximum Gasteiger partial charge on any atom is 0.306 e. The third-order valence-corrected chi connectivity index (χ3v) is 3.05. The summed E-state index contributed by atoms with van der Waals surface area (Å²) in [6, 6.07) is 0. The molecule has 0 fully saturated rings. The molecule has 8 heteroatoms. The minimum Gasteiger partial charge on any atom is -0.466 e. The van der Waals surface area contributed by atoms with Crippen LogP contribution in [0.4, 0.5) is 0 Å². The van der Waals surface area contributed by atoms with Gasteiger partial charge in [-0.25, -0.2) is 0 Å². The zero-order valence-electron chi connectivity index (χ0n) is 9.86. The fourth-order valence-electron chi connectivity index (χ4n) is 1.00. The van der Waals surface area contributed by atoms with Crippen LogP contribution in [0.2, 0.25) is 10.6 Å². The summed E-state index contributed by atoms with van der Waals surface area (Å²) >= 11 is 12.5. The van der Waals surface area contributed by atoms with E-state index in [1.54, 1.807) is 0 Å². The Bertz CT molecular complexity index is 386. The Morgan fingerprint density at radius 1 is 1.28 bits per heavy atom. The van der Waals surface area contributed by atoms with Gasteiger partial charge in [0, 0.05) is 5.75 Å². The second-order valence-electron chi connectivity index (χ2n) is 3.33. The van der Waals surface area contributed by atoms with Crippen molar-refractivity contribution in [2.45, 2.75) is 31.3 Å². The Hall–Kier alpha value is -0.590. The number of nitrogens with zero attached hydrogens (tertiary/aromatic N) is 3. The number of hydrogen-bond donors (Lipinski definition) is 0. The van der Waals surface area contributed by atoms with Crippen LogP contribution in [0.5, 0.6) is 0 Å². The van der Waals surface area contributed by atoms with Gasteiger partial charge in [-0.1, -0.05) is 25.1 Å². The Morgan fingerprint density at radius 3 is 2.56 bits per heavy atom. The van der Waals surface area contributed by atoms with E-state index in [-0.39, 0.29) is 16.5 Å². The molecule has 0 N–H and O–H groups in total. The molecular formula is C10H13Cl2N3O2S. The monoisotopic (exact) mass is 309 g/mol. The average molecular weight is 310 g/mol. The molecule has 0 aliphatic carbocycles. The standard InChI is InChI=1S/C10H13Cl2N3O2S/c1-2-3-5-17-7(16)4-6-18-10-14-8(11)13-9(12)15-10/h2-6H2,1H3. The van der Waals surface area contributed by atoms with Crippen LogP contribution in [0.3, 0.4) is 0 Å². The molecule has 1 aromatic rings. The molecule has 0 bridgehead atoms. The lowest BCUT2D eigenvalue weighted by atomic mass is 10.4. The van der Waals surface area contributed by atoms with Gasteiger partial charge in [-0.3, -0.25) is 4.79 Å². The number of esters is 1. The molecule has 0 saturated heterocycles. The van der Waals surface area contributed by atoms with Gasteiger partial charge >= 0.3 is 5.97 Å². The molecule has 1 heterocycles. The number of aromatic nitrogens is 3. The highest BCUT2D eigenvalue weighted by Gasteiger charge is 2.07. The Labute approximate surface area is 120 Å². The van der Waals surface area contributed by atoms with Gasteiger partial charge in [0.2, 0.25) is 10.6 Å². The molecule has 0 unspecified atom stereocenters. The molecule has 0 aliphatic rings. The van der Waals surface area contributed by atoms with E-state index in [1.165, 1.54) is 11.8 Å². The van der Waals surface area contributed by atoms with E-state index in [4.69, 9.17) is 27.9 Å². The normalized spacial score (nSPS) is 10.4. The Kier molecular flexibility index (Phi) is 7.31. The molecule has 0 aliphatic heterocycles. The molecule has 0 saturated carbocycles. The van der Waals surface area contributed by atoms with Crippen molar-refractivity contribution in [2.75, 3.05) is 12.4 Å². The summed E-state index contributed by atoms with van der Waals surface area (Å²) in [5.74, 6) is 0.295. The second kappa shape index (κ2) is 8.50. The van der Waals surface area contributed by atoms with Crippen LogP contribution in [0.15, 0.2) is 5.16 Å². The molecular weight excluding hydrogens is 297 g/mol. The smallest absolute Gasteiger partial charge is 0.306 e. The summed E-state index contributed by atoms with van der Waals surface area (Å²) in [7, 11) is 0. The van der Waals surface area contributed by atoms with Crippen molar-refractivity contribution in [1.29, 1.82) is 0 Å². The number of carbonyl (C=O) groups excluding carboxylic acids is 1. The fourth-order valence-corrected chi connectivity index (χ4v) is 2.22. The first kappa shape index (κ1) is 15.5. The van der Waals surface area contributed by atoms with Crippen molar-refractivity contribution >= 4 is 40.9 Å². The van der Waals surface area contributed by atoms with E-state index in [0.29, 0.717) is 23.9 Å². The van der Waals surface area contributed by atoms with Crippen LogP contribution < -0.4 is 0 Å². The van der Waals surface area contributed by atoms with Gasteiger partial charge in [0.05, 0.1) is 13.0 Å². The fraction of sp³-hybridized carbons (Fsp3) is 0.600. The lowest BCUT2D eigenvalue weighted by Crippen LogP contribution is -2.06. The first-order valence-electron chi connectivity index (χ1n) is 5.47. The van der Waals surface area contributed by atoms with E-state index in [2.05, 4.69) is 15.0 Å². The van der Waals surface area contributed by atoms with Crippen molar-refractivity contribution < 1.29 is 9.53 Å². The molecule has 18 heavy (non-hydrogen) atoms. The zero-order valence-corrected chi connectivity index (χ0v) is 12.2. The van der Waals surface area contributed by atoms with Crippen molar-refractivity contribution in [3.8, 4) is 0 Å². The van der Waals surface area contributed by atoms with E-state index in [1.807, 2.05) is 6.92 Å². The number of hydrogen-bond acceptors (Lipinski definition) is 6. The molecule has 0 atom stereocenters. The van der Waals surface area contributed by atoms with Crippen LogP contribution in [-0.4, -0.2) is 33.3 Å². The molecule has 0 radical (unpaired) electrons. The van der Waals surface area contributed by atoms with Crippen LogP contribution in [0, 0.1) is 0 Å². The lowest BCUT2D eigenvalue weighted by Gasteiger charge is -2.03. The van der Waals surface area contributed by atoms with Crippen molar-refractivity contribution in [3.05, 3.63) is 10.6 Å². The van der Waals surface area contributed by atoms with Crippen LogP contribution in [0.1, 0.15) is 26.2 Å². The molecule has 1 aromatic heterocycles. The van der Waals surface area contributed by atoms with Crippen molar-refractivity contribution in [2.24, 2.45) is 0 Å². The largest absolute Gasteiger partial charge is 0.466 e. The minimum absolute atomic E-state index is 0.0445. The van der Waals surface area contributed by atoms with E-state index < -0.39 is 0 Å². The van der Waals surface area contributed by atoms with Gasteiger partial charge < -0.3 is 4.74 Å². The van der Waals surface area contributed by atoms with Gasteiger partial charge in [0.15, 0.2) is 5.16 Å². The summed E-state index contributed by atoms with van der Waals surface area (Å²) in [4.78, 5) is 22.7. The summed E-state index contributed by atoms with van der Waals surface area (Å²) in [6.45, 7) is 2.52. The highest BCUT2D eigenvalue weighted by molar-refractivity contribution is 7.99. The number of rotatable bonds is 7. The quantitative estimate of drug-likeness (QED) is 0.438. The molecule has 1 rings (SSSR count). The van der Waals surface area contributed by atoms with Gasteiger partial charge in [-0.15, -0.1) is 0 Å². The lowest BCUT2D eigenvalue weighted by molar-refractivity contribution is -0.143.